The topological polar surface area (TPSA) is 29.5 Å². The molecule has 2 heteroatoms. The van der Waals surface area contributed by atoms with Crippen LogP contribution in [0.2, 0.25) is 0 Å². The van der Waals surface area contributed by atoms with Crippen molar-refractivity contribution >= 4 is 11.1 Å². The first-order valence-electron chi connectivity index (χ1n) is 11.5. The zero-order valence-electron chi connectivity index (χ0n) is 18.7. The zero-order valence-corrected chi connectivity index (χ0v) is 18.7. The summed E-state index contributed by atoms with van der Waals surface area (Å²) in [5, 5.41) is 10.0. The summed E-state index contributed by atoms with van der Waals surface area (Å²) in [4.78, 5) is 0. The van der Waals surface area contributed by atoms with E-state index in [1.165, 1.54) is 52.7 Å². The highest BCUT2D eigenvalue weighted by atomic mass is 16.5. The highest BCUT2D eigenvalue weighted by Gasteiger charge is 2.21. The molecule has 31 heavy (non-hydrogen) atoms. The minimum Gasteiger partial charge on any atom is -0.508 e. The Labute approximate surface area is 186 Å². The normalized spacial score (nSPS) is 13.5. The number of ether oxygens (including phenoxy) is 1. The van der Waals surface area contributed by atoms with Crippen LogP contribution in [0.5, 0.6) is 11.5 Å². The lowest BCUT2D eigenvalue weighted by Crippen LogP contribution is -1.99. The van der Waals surface area contributed by atoms with E-state index in [1.54, 1.807) is 12.1 Å². The molecule has 1 aliphatic heterocycles. The van der Waals surface area contributed by atoms with Crippen LogP contribution in [0.4, 0.5) is 0 Å². The number of aryl methyl sites for hydroxylation is 2. The molecule has 0 spiro atoms. The summed E-state index contributed by atoms with van der Waals surface area (Å²) in [6, 6.07) is 23.2. The second-order valence-electron chi connectivity index (χ2n) is 8.50. The quantitative estimate of drug-likeness (QED) is 0.411. The average Bonchev–Trinajstić information content (AvgIpc) is 2.94. The van der Waals surface area contributed by atoms with Gasteiger partial charge in [0.2, 0.25) is 0 Å². The Balaban J connectivity index is 1.73. The van der Waals surface area contributed by atoms with E-state index >= 15 is 0 Å². The standard InChI is InChI=1S/C29H32O2/c1-3-4-5-9-22-11-13-23(14-12-22)19-28-26(25-10-7-6-8-21(25)2)17-18-31-29-20-24(30)15-16-27(28)29/h6-8,10-16,20,30H,3-5,9,17-19H2,1-2H3. The molecule has 0 aliphatic carbocycles. The smallest absolute Gasteiger partial charge is 0.130 e. The molecule has 0 bridgehead atoms. The molecule has 0 unspecified atom stereocenters. The first-order chi connectivity index (χ1) is 15.2. The van der Waals surface area contributed by atoms with Gasteiger partial charge in [-0.25, -0.2) is 0 Å². The molecule has 0 saturated heterocycles. The SMILES string of the molecule is CCCCCc1ccc(CC2=C(c3ccccc3C)CCOc3cc(O)ccc32)cc1. The fourth-order valence-corrected chi connectivity index (χ4v) is 4.47. The summed E-state index contributed by atoms with van der Waals surface area (Å²) >= 11 is 0. The van der Waals surface area contributed by atoms with E-state index in [0.717, 1.165) is 30.6 Å². The molecule has 0 fully saturated rings. The predicted molar refractivity (Wildman–Crippen MR) is 130 cm³/mol. The third kappa shape index (κ3) is 5.02. The van der Waals surface area contributed by atoms with Gasteiger partial charge in [-0.05, 0) is 71.7 Å². The third-order valence-corrected chi connectivity index (χ3v) is 6.21. The summed E-state index contributed by atoms with van der Waals surface area (Å²) in [6.07, 6.45) is 6.65. The Morgan fingerprint density at radius 1 is 0.871 bits per heavy atom. The van der Waals surface area contributed by atoms with Crippen LogP contribution in [0.3, 0.4) is 0 Å². The fraction of sp³-hybridized carbons (Fsp3) is 0.310. The highest BCUT2D eigenvalue weighted by Crippen LogP contribution is 2.41. The lowest BCUT2D eigenvalue weighted by Gasteiger charge is -2.17. The molecule has 0 amide bonds. The maximum absolute atomic E-state index is 10.0. The van der Waals surface area contributed by atoms with E-state index < -0.39 is 0 Å². The van der Waals surface area contributed by atoms with E-state index in [4.69, 9.17) is 4.74 Å². The summed E-state index contributed by atoms with van der Waals surface area (Å²) < 4.78 is 6.06. The molecule has 0 radical (unpaired) electrons. The van der Waals surface area contributed by atoms with Gasteiger partial charge < -0.3 is 9.84 Å². The van der Waals surface area contributed by atoms with Gasteiger partial charge in [0.15, 0.2) is 0 Å². The molecule has 160 valence electrons. The molecule has 0 aromatic heterocycles. The van der Waals surface area contributed by atoms with Crippen molar-refractivity contribution in [1.82, 2.24) is 0 Å². The van der Waals surface area contributed by atoms with Crippen molar-refractivity contribution in [2.45, 2.75) is 52.4 Å². The lowest BCUT2D eigenvalue weighted by atomic mass is 9.87. The minimum absolute atomic E-state index is 0.244. The largest absolute Gasteiger partial charge is 0.508 e. The highest BCUT2D eigenvalue weighted by molar-refractivity contribution is 5.94. The Kier molecular flexibility index (Phi) is 6.76. The van der Waals surface area contributed by atoms with Crippen molar-refractivity contribution in [3.05, 3.63) is 94.5 Å². The molecule has 0 atom stereocenters. The van der Waals surface area contributed by atoms with Gasteiger partial charge in [-0.3, -0.25) is 0 Å². The Hall–Kier alpha value is -3.00. The summed E-state index contributed by atoms with van der Waals surface area (Å²) in [5.41, 5.74) is 9.01. The van der Waals surface area contributed by atoms with Gasteiger partial charge >= 0.3 is 0 Å². The summed E-state index contributed by atoms with van der Waals surface area (Å²) in [7, 11) is 0. The van der Waals surface area contributed by atoms with E-state index in [9.17, 15) is 5.11 Å². The molecular formula is C29H32O2. The van der Waals surface area contributed by atoms with Crippen LogP contribution in [-0.2, 0) is 12.8 Å². The number of phenolic OH excluding ortho intramolecular Hbond substituents is 1. The first-order valence-corrected chi connectivity index (χ1v) is 11.5. The molecule has 4 rings (SSSR count). The van der Waals surface area contributed by atoms with Crippen molar-refractivity contribution in [1.29, 1.82) is 0 Å². The number of allylic oxidation sites excluding steroid dienone is 1. The van der Waals surface area contributed by atoms with Crippen LogP contribution < -0.4 is 4.74 Å². The molecule has 3 aromatic rings. The van der Waals surface area contributed by atoms with Crippen LogP contribution in [0.25, 0.3) is 11.1 Å². The predicted octanol–water partition coefficient (Wildman–Crippen LogP) is 7.37. The van der Waals surface area contributed by atoms with Crippen LogP contribution in [-0.4, -0.2) is 11.7 Å². The Morgan fingerprint density at radius 3 is 2.42 bits per heavy atom. The number of hydrogen-bond donors (Lipinski definition) is 1. The molecule has 1 N–H and O–H groups in total. The van der Waals surface area contributed by atoms with Crippen molar-refractivity contribution in [3.8, 4) is 11.5 Å². The van der Waals surface area contributed by atoms with Crippen molar-refractivity contribution in [3.63, 3.8) is 0 Å². The number of phenols is 1. The fourth-order valence-electron chi connectivity index (χ4n) is 4.47. The van der Waals surface area contributed by atoms with E-state index in [1.807, 2.05) is 6.07 Å². The maximum atomic E-state index is 10.0. The summed E-state index contributed by atoms with van der Waals surface area (Å²) in [6.45, 7) is 5.03. The molecule has 2 nitrogen and oxygen atoms in total. The van der Waals surface area contributed by atoms with Gasteiger partial charge in [-0.2, -0.15) is 0 Å². The monoisotopic (exact) mass is 412 g/mol. The van der Waals surface area contributed by atoms with Gasteiger partial charge in [0.1, 0.15) is 11.5 Å². The van der Waals surface area contributed by atoms with Gasteiger partial charge in [0, 0.05) is 18.1 Å². The Morgan fingerprint density at radius 2 is 1.65 bits per heavy atom. The number of benzene rings is 3. The number of unbranched alkanes of at least 4 members (excludes halogenated alkanes) is 2. The van der Waals surface area contributed by atoms with Gasteiger partial charge in [0.05, 0.1) is 6.61 Å². The second kappa shape index (κ2) is 9.87. The minimum atomic E-state index is 0.244. The van der Waals surface area contributed by atoms with E-state index in [-0.39, 0.29) is 5.75 Å². The van der Waals surface area contributed by atoms with Crippen LogP contribution >= 0.6 is 0 Å². The molecule has 1 heterocycles. The van der Waals surface area contributed by atoms with Gasteiger partial charge in [-0.15, -0.1) is 0 Å². The molecular weight excluding hydrogens is 380 g/mol. The van der Waals surface area contributed by atoms with E-state index in [2.05, 4.69) is 62.4 Å². The van der Waals surface area contributed by atoms with Crippen molar-refractivity contribution in [2.75, 3.05) is 6.61 Å². The summed E-state index contributed by atoms with van der Waals surface area (Å²) in [5.74, 6) is 1.02. The number of rotatable bonds is 7. The number of aromatic hydroxyl groups is 1. The average molecular weight is 413 g/mol. The molecule has 1 aliphatic rings. The van der Waals surface area contributed by atoms with Crippen LogP contribution in [0.1, 0.15) is 60.4 Å². The van der Waals surface area contributed by atoms with Gasteiger partial charge in [0.25, 0.3) is 0 Å². The number of hydrogen-bond acceptors (Lipinski definition) is 2. The second-order valence-corrected chi connectivity index (χ2v) is 8.50. The van der Waals surface area contributed by atoms with Crippen LogP contribution in [0, 0.1) is 6.92 Å². The maximum Gasteiger partial charge on any atom is 0.130 e. The van der Waals surface area contributed by atoms with Gasteiger partial charge in [-0.1, -0.05) is 68.3 Å². The van der Waals surface area contributed by atoms with Crippen LogP contribution in [0.15, 0.2) is 66.7 Å². The molecule has 3 aromatic carbocycles. The zero-order chi connectivity index (χ0) is 21.6. The Bertz CT molecular complexity index is 1060. The number of fused-ring (bicyclic) bond motifs is 1. The van der Waals surface area contributed by atoms with Crippen molar-refractivity contribution < 1.29 is 9.84 Å². The van der Waals surface area contributed by atoms with E-state index in [0.29, 0.717) is 6.61 Å². The third-order valence-electron chi connectivity index (χ3n) is 6.21. The lowest BCUT2D eigenvalue weighted by molar-refractivity contribution is 0.326. The van der Waals surface area contributed by atoms with Crippen molar-refractivity contribution in [2.24, 2.45) is 0 Å². The first kappa shape index (κ1) is 21.2. The molecule has 0 saturated carbocycles.